The summed E-state index contributed by atoms with van der Waals surface area (Å²) in [5.74, 6) is -0.789. The first-order valence-electron chi connectivity index (χ1n) is 10.9. The maximum Gasteiger partial charge on any atom is 0.274 e. The van der Waals surface area contributed by atoms with Crippen LogP contribution in [0.4, 0.5) is 8.78 Å². The number of hydrogen-bond donors (Lipinski definition) is 0. The molecule has 33 heavy (non-hydrogen) atoms. The van der Waals surface area contributed by atoms with Crippen molar-refractivity contribution in [3.63, 3.8) is 0 Å². The zero-order chi connectivity index (χ0) is 22.9. The van der Waals surface area contributed by atoms with Gasteiger partial charge in [0.05, 0.1) is 11.8 Å². The van der Waals surface area contributed by atoms with Gasteiger partial charge in [-0.3, -0.25) is 4.79 Å². The fraction of sp³-hybridized carbons (Fsp3) is 0.185. The average Bonchev–Trinajstić information content (AvgIpc) is 3.21. The normalized spacial score (nSPS) is 21.1. The van der Waals surface area contributed by atoms with Crippen LogP contribution in [0.25, 0.3) is 6.08 Å². The van der Waals surface area contributed by atoms with Crippen LogP contribution >= 0.6 is 15.9 Å². The van der Waals surface area contributed by atoms with Crippen LogP contribution in [0.5, 0.6) is 0 Å². The van der Waals surface area contributed by atoms with Crippen molar-refractivity contribution in [1.82, 2.24) is 5.01 Å². The zero-order valence-electron chi connectivity index (χ0n) is 17.7. The second-order valence-electron chi connectivity index (χ2n) is 8.36. The number of benzene rings is 3. The summed E-state index contributed by atoms with van der Waals surface area (Å²) < 4.78 is 27.8. The molecule has 3 aromatic rings. The minimum absolute atomic E-state index is 0.00649. The van der Waals surface area contributed by atoms with Gasteiger partial charge < -0.3 is 0 Å². The Morgan fingerprint density at radius 2 is 1.70 bits per heavy atom. The first kappa shape index (κ1) is 21.7. The van der Waals surface area contributed by atoms with Crippen LogP contribution in [-0.2, 0) is 0 Å². The van der Waals surface area contributed by atoms with Gasteiger partial charge in [0.15, 0.2) is 0 Å². The van der Waals surface area contributed by atoms with Crippen LogP contribution in [0, 0.1) is 17.6 Å². The highest BCUT2D eigenvalue weighted by Crippen LogP contribution is 2.45. The van der Waals surface area contributed by atoms with Crippen LogP contribution < -0.4 is 0 Å². The van der Waals surface area contributed by atoms with Gasteiger partial charge in [0, 0.05) is 16.0 Å². The molecule has 6 heteroatoms. The van der Waals surface area contributed by atoms with E-state index in [9.17, 15) is 13.6 Å². The van der Waals surface area contributed by atoms with Crippen molar-refractivity contribution in [3.05, 3.63) is 111 Å². The molecular formula is C27H21BrF2N2O. The van der Waals surface area contributed by atoms with Crippen LogP contribution in [0.15, 0.2) is 87.9 Å². The Labute approximate surface area is 199 Å². The van der Waals surface area contributed by atoms with Crippen LogP contribution in [0.3, 0.4) is 0 Å². The van der Waals surface area contributed by atoms with Crippen molar-refractivity contribution in [3.8, 4) is 0 Å². The molecule has 1 fully saturated rings. The summed E-state index contributed by atoms with van der Waals surface area (Å²) in [6.07, 6.45) is 4.69. The first-order chi connectivity index (χ1) is 16.0. The van der Waals surface area contributed by atoms with Gasteiger partial charge in [-0.05, 0) is 84.5 Å². The molecule has 1 heterocycles. The maximum absolute atomic E-state index is 13.7. The molecule has 2 aliphatic rings. The summed E-state index contributed by atoms with van der Waals surface area (Å²) >= 11 is 3.44. The molecule has 0 N–H and O–H groups in total. The summed E-state index contributed by atoms with van der Waals surface area (Å²) in [6, 6.07) is 19.6. The third-order valence-electron chi connectivity index (χ3n) is 6.20. The zero-order valence-corrected chi connectivity index (χ0v) is 19.3. The highest BCUT2D eigenvalue weighted by molar-refractivity contribution is 9.10. The van der Waals surface area contributed by atoms with Crippen LogP contribution in [-0.4, -0.2) is 16.6 Å². The number of nitrogens with zero attached hydrogens (tertiary/aromatic N) is 2. The van der Waals surface area contributed by atoms with Crippen LogP contribution in [0.2, 0.25) is 0 Å². The van der Waals surface area contributed by atoms with E-state index in [-0.39, 0.29) is 29.5 Å². The van der Waals surface area contributed by atoms with Gasteiger partial charge in [-0.15, -0.1) is 0 Å². The van der Waals surface area contributed by atoms with Crippen molar-refractivity contribution in [2.24, 2.45) is 11.0 Å². The number of fused-ring (bicyclic) bond motifs is 1. The molecule has 1 amide bonds. The molecule has 0 radical (unpaired) electrons. The molecule has 0 saturated heterocycles. The van der Waals surface area contributed by atoms with Gasteiger partial charge in [-0.1, -0.05) is 46.3 Å². The third kappa shape index (κ3) is 4.40. The largest absolute Gasteiger partial charge is 0.274 e. The molecule has 3 aromatic carbocycles. The summed E-state index contributed by atoms with van der Waals surface area (Å²) in [7, 11) is 0. The average molecular weight is 507 g/mol. The Kier molecular flexibility index (Phi) is 5.94. The highest BCUT2D eigenvalue weighted by Gasteiger charge is 2.43. The summed E-state index contributed by atoms with van der Waals surface area (Å²) in [6.45, 7) is 0. The number of rotatable bonds is 3. The Morgan fingerprint density at radius 3 is 2.39 bits per heavy atom. The van der Waals surface area contributed by atoms with E-state index >= 15 is 0 Å². The summed E-state index contributed by atoms with van der Waals surface area (Å²) in [5, 5.41) is 6.39. The lowest BCUT2D eigenvalue weighted by atomic mass is 9.77. The summed E-state index contributed by atoms with van der Waals surface area (Å²) in [5.41, 5.74) is 4.21. The molecule has 0 bridgehead atoms. The minimum atomic E-state index is -0.316. The van der Waals surface area contributed by atoms with E-state index in [0.29, 0.717) is 5.56 Å². The van der Waals surface area contributed by atoms with E-state index in [1.54, 1.807) is 41.4 Å². The molecule has 1 aliphatic carbocycles. The lowest BCUT2D eigenvalue weighted by Crippen LogP contribution is -2.31. The van der Waals surface area contributed by atoms with Gasteiger partial charge in [0.25, 0.3) is 5.91 Å². The van der Waals surface area contributed by atoms with Crippen molar-refractivity contribution in [1.29, 1.82) is 0 Å². The van der Waals surface area contributed by atoms with Crippen molar-refractivity contribution >= 4 is 33.6 Å². The number of hydrazone groups is 1. The number of carbonyl (C=O) groups excluding carboxylic acids is 1. The number of allylic oxidation sites excluding steroid dienone is 1. The Morgan fingerprint density at radius 1 is 1.00 bits per heavy atom. The van der Waals surface area contributed by atoms with Gasteiger partial charge in [-0.2, -0.15) is 5.10 Å². The molecule has 166 valence electrons. The second-order valence-corrected chi connectivity index (χ2v) is 9.28. The Balaban J connectivity index is 1.58. The quantitative estimate of drug-likeness (QED) is 0.370. The Bertz CT molecular complexity index is 1250. The van der Waals surface area contributed by atoms with E-state index in [4.69, 9.17) is 5.10 Å². The monoisotopic (exact) mass is 506 g/mol. The molecule has 1 saturated carbocycles. The molecule has 0 aromatic heterocycles. The van der Waals surface area contributed by atoms with E-state index in [1.807, 2.05) is 18.2 Å². The van der Waals surface area contributed by atoms with Crippen molar-refractivity contribution < 1.29 is 13.6 Å². The molecular weight excluding hydrogens is 486 g/mol. The lowest BCUT2D eigenvalue weighted by Gasteiger charge is -2.29. The van der Waals surface area contributed by atoms with Gasteiger partial charge >= 0.3 is 0 Å². The standard InChI is InChI=1S/C27H21BrF2N2O/c28-21-5-1-4-20(16-21)27(33)32-26(18-9-13-23(30)14-10-18)24-6-2-3-19(25(24)31-32)15-17-7-11-22(29)12-8-17/h1,4-5,7-16,24,26H,2-3,6H2/b19-15-/t24-,26+/m1/s1. The highest BCUT2D eigenvalue weighted by atomic mass is 79.9. The molecule has 0 unspecified atom stereocenters. The molecule has 5 rings (SSSR count). The predicted octanol–water partition coefficient (Wildman–Crippen LogP) is 7.16. The van der Waals surface area contributed by atoms with Crippen LogP contribution in [0.1, 0.15) is 46.8 Å². The predicted molar refractivity (Wildman–Crippen MR) is 129 cm³/mol. The van der Waals surface area contributed by atoms with Gasteiger partial charge in [-0.25, -0.2) is 13.8 Å². The molecule has 1 aliphatic heterocycles. The molecule has 0 spiro atoms. The number of amides is 1. The van der Waals surface area contributed by atoms with E-state index in [1.165, 1.54) is 24.3 Å². The molecule has 3 nitrogen and oxygen atoms in total. The van der Waals surface area contributed by atoms with Gasteiger partial charge in [0.2, 0.25) is 0 Å². The summed E-state index contributed by atoms with van der Waals surface area (Å²) in [4.78, 5) is 13.6. The number of halogens is 3. The van der Waals surface area contributed by atoms with E-state index in [2.05, 4.69) is 15.9 Å². The van der Waals surface area contributed by atoms with Crippen molar-refractivity contribution in [2.75, 3.05) is 0 Å². The van der Waals surface area contributed by atoms with Gasteiger partial charge in [0.1, 0.15) is 11.6 Å². The fourth-order valence-electron chi connectivity index (χ4n) is 4.68. The SMILES string of the molecule is O=C(c1cccc(Br)c1)N1N=C2/C(=C\c3ccc(F)cc3)CCC[C@H]2[C@@H]1c1ccc(F)cc1. The first-order valence-corrected chi connectivity index (χ1v) is 11.7. The van der Waals surface area contributed by atoms with E-state index in [0.717, 1.165) is 46.1 Å². The number of carbonyl (C=O) groups is 1. The van der Waals surface area contributed by atoms with Crippen molar-refractivity contribution in [2.45, 2.75) is 25.3 Å². The topological polar surface area (TPSA) is 32.7 Å². The smallest absolute Gasteiger partial charge is 0.267 e. The van der Waals surface area contributed by atoms with E-state index < -0.39 is 0 Å². The lowest BCUT2D eigenvalue weighted by molar-refractivity contribution is 0.0680. The molecule has 2 atom stereocenters. The fourth-order valence-corrected chi connectivity index (χ4v) is 5.07. The third-order valence-corrected chi connectivity index (χ3v) is 6.70. The second kappa shape index (κ2) is 9.02. The number of hydrogen-bond acceptors (Lipinski definition) is 2. The Hall–Kier alpha value is -3.12. The maximum atomic E-state index is 13.7. The minimum Gasteiger partial charge on any atom is -0.267 e.